The van der Waals surface area contributed by atoms with Crippen molar-refractivity contribution in [1.82, 2.24) is 4.90 Å². The van der Waals surface area contributed by atoms with Gasteiger partial charge in [-0.05, 0) is 19.9 Å². The molecule has 1 saturated heterocycles. The molecule has 0 saturated carbocycles. The van der Waals surface area contributed by atoms with Crippen LogP contribution in [0.5, 0.6) is 0 Å². The lowest BCUT2D eigenvalue weighted by molar-refractivity contribution is -0.148. The summed E-state index contributed by atoms with van der Waals surface area (Å²) in [5, 5.41) is 0. The van der Waals surface area contributed by atoms with E-state index in [1.807, 2.05) is 0 Å². The minimum absolute atomic E-state index is 0.00296. The Kier molecular flexibility index (Phi) is 6.46. The van der Waals surface area contributed by atoms with Gasteiger partial charge in [-0.1, -0.05) is 32.6 Å². The molecule has 94 valence electrons. The van der Waals surface area contributed by atoms with Crippen LogP contribution in [0.3, 0.4) is 0 Å². The number of likely N-dealkylation sites (N-methyl/N-ethyl adjacent to an activating group) is 1. The Morgan fingerprint density at radius 2 is 2.06 bits per heavy atom. The number of ether oxygens (including phenoxy) is 1. The largest absolute Gasteiger partial charge is 0.461 e. The zero-order chi connectivity index (χ0) is 11.8. The van der Waals surface area contributed by atoms with Crippen LogP contribution in [0.2, 0.25) is 0 Å². The number of hydrogen-bond donors (Lipinski definition) is 0. The van der Waals surface area contributed by atoms with E-state index in [0.717, 1.165) is 32.4 Å². The second-order valence-corrected chi connectivity index (χ2v) is 4.83. The fraction of sp³-hybridized carbons (Fsp3) is 0.923. The summed E-state index contributed by atoms with van der Waals surface area (Å²) in [6.07, 6.45) is 7.67. The lowest BCUT2D eigenvalue weighted by Gasteiger charge is -2.12. The van der Waals surface area contributed by atoms with E-state index in [0.29, 0.717) is 6.42 Å². The van der Waals surface area contributed by atoms with Crippen LogP contribution in [-0.4, -0.2) is 37.1 Å². The molecule has 1 aliphatic rings. The summed E-state index contributed by atoms with van der Waals surface area (Å²) in [5.74, 6) is -0.00296. The Morgan fingerprint density at radius 1 is 1.31 bits per heavy atom. The van der Waals surface area contributed by atoms with Crippen molar-refractivity contribution < 1.29 is 9.53 Å². The molecule has 16 heavy (non-hydrogen) atoms. The zero-order valence-electron chi connectivity index (χ0n) is 10.7. The molecule has 1 fully saturated rings. The molecule has 0 aliphatic carbocycles. The number of rotatable bonds is 7. The predicted molar refractivity (Wildman–Crippen MR) is 65.4 cm³/mol. The summed E-state index contributed by atoms with van der Waals surface area (Å²) >= 11 is 0. The molecule has 0 aromatic rings. The summed E-state index contributed by atoms with van der Waals surface area (Å²) in [4.78, 5) is 13.7. The van der Waals surface area contributed by atoms with Crippen LogP contribution in [0.4, 0.5) is 0 Å². The van der Waals surface area contributed by atoms with Gasteiger partial charge in [0, 0.05) is 19.5 Å². The van der Waals surface area contributed by atoms with E-state index in [1.54, 1.807) is 0 Å². The molecule has 1 heterocycles. The number of hydrogen-bond acceptors (Lipinski definition) is 3. The average Bonchev–Trinajstić information content (AvgIpc) is 2.63. The first-order valence-electron chi connectivity index (χ1n) is 6.60. The highest BCUT2D eigenvalue weighted by Crippen LogP contribution is 2.12. The van der Waals surface area contributed by atoms with Crippen LogP contribution < -0.4 is 0 Å². The number of carbonyl (C=O) groups is 1. The summed E-state index contributed by atoms with van der Waals surface area (Å²) in [7, 11) is 2.07. The number of esters is 1. The molecule has 1 aliphatic heterocycles. The Bertz CT molecular complexity index is 206. The molecular formula is C13H25NO2. The van der Waals surface area contributed by atoms with Crippen LogP contribution >= 0.6 is 0 Å². The SMILES string of the molecule is CCCCCCCC(=O)OC1CCN(C)C1. The van der Waals surface area contributed by atoms with Crippen molar-refractivity contribution >= 4 is 5.97 Å². The predicted octanol–water partition coefficient (Wildman–Crippen LogP) is 2.59. The number of likely N-dealkylation sites (tertiary alicyclic amines) is 1. The Labute approximate surface area is 99.1 Å². The Hall–Kier alpha value is -0.570. The molecule has 0 N–H and O–H groups in total. The highest BCUT2D eigenvalue weighted by atomic mass is 16.5. The lowest BCUT2D eigenvalue weighted by atomic mass is 10.1. The highest BCUT2D eigenvalue weighted by molar-refractivity contribution is 5.69. The van der Waals surface area contributed by atoms with E-state index in [9.17, 15) is 4.79 Å². The highest BCUT2D eigenvalue weighted by Gasteiger charge is 2.22. The van der Waals surface area contributed by atoms with E-state index in [-0.39, 0.29) is 12.1 Å². The van der Waals surface area contributed by atoms with E-state index in [2.05, 4.69) is 18.9 Å². The standard InChI is InChI=1S/C13H25NO2/c1-3-4-5-6-7-8-13(15)16-12-9-10-14(2)11-12/h12H,3-11H2,1-2H3. The van der Waals surface area contributed by atoms with Gasteiger partial charge in [-0.25, -0.2) is 0 Å². The maximum absolute atomic E-state index is 11.5. The first-order valence-corrected chi connectivity index (χ1v) is 6.60. The molecule has 0 radical (unpaired) electrons. The van der Waals surface area contributed by atoms with E-state index >= 15 is 0 Å². The average molecular weight is 227 g/mol. The zero-order valence-corrected chi connectivity index (χ0v) is 10.7. The minimum Gasteiger partial charge on any atom is -0.461 e. The molecule has 0 aromatic heterocycles. The van der Waals surface area contributed by atoms with Crippen molar-refractivity contribution in [1.29, 1.82) is 0 Å². The summed E-state index contributed by atoms with van der Waals surface area (Å²) in [6.45, 7) is 4.15. The number of unbranched alkanes of at least 4 members (excludes halogenated alkanes) is 4. The van der Waals surface area contributed by atoms with Gasteiger partial charge >= 0.3 is 5.97 Å². The van der Waals surface area contributed by atoms with Gasteiger partial charge in [-0.2, -0.15) is 0 Å². The second-order valence-electron chi connectivity index (χ2n) is 4.83. The Balaban J connectivity index is 1.98. The molecule has 1 atom stereocenters. The van der Waals surface area contributed by atoms with Gasteiger partial charge in [0.25, 0.3) is 0 Å². The molecule has 1 rings (SSSR count). The maximum Gasteiger partial charge on any atom is 0.306 e. The second kappa shape index (κ2) is 7.66. The van der Waals surface area contributed by atoms with Crippen molar-refractivity contribution in [3.05, 3.63) is 0 Å². The third kappa shape index (κ3) is 5.50. The molecule has 0 aromatic carbocycles. The van der Waals surface area contributed by atoms with Crippen molar-refractivity contribution in [2.75, 3.05) is 20.1 Å². The molecule has 1 unspecified atom stereocenters. The van der Waals surface area contributed by atoms with Crippen LogP contribution in [0.1, 0.15) is 51.9 Å². The van der Waals surface area contributed by atoms with Crippen LogP contribution in [0.15, 0.2) is 0 Å². The monoisotopic (exact) mass is 227 g/mol. The van der Waals surface area contributed by atoms with Gasteiger partial charge in [-0.3, -0.25) is 4.79 Å². The van der Waals surface area contributed by atoms with Gasteiger partial charge in [0.15, 0.2) is 0 Å². The minimum atomic E-state index is -0.00296. The van der Waals surface area contributed by atoms with Crippen molar-refractivity contribution in [2.24, 2.45) is 0 Å². The molecule has 0 spiro atoms. The summed E-state index contributed by atoms with van der Waals surface area (Å²) in [6, 6.07) is 0. The number of nitrogens with zero attached hydrogens (tertiary/aromatic N) is 1. The van der Waals surface area contributed by atoms with Gasteiger partial charge < -0.3 is 9.64 Å². The van der Waals surface area contributed by atoms with E-state index in [4.69, 9.17) is 4.74 Å². The molecule has 3 heteroatoms. The van der Waals surface area contributed by atoms with Gasteiger partial charge in [0.1, 0.15) is 6.10 Å². The van der Waals surface area contributed by atoms with Gasteiger partial charge in [-0.15, -0.1) is 0 Å². The quantitative estimate of drug-likeness (QED) is 0.494. The third-order valence-electron chi connectivity index (χ3n) is 3.13. The van der Waals surface area contributed by atoms with Crippen LogP contribution in [0, 0.1) is 0 Å². The molecular weight excluding hydrogens is 202 g/mol. The maximum atomic E-state index is 11.5. The fourth-order valence-electron chi connectivity index (χ4n) is 2.11. The number of carbonyl (C=O) groups excluding carboxylic acids is 1. The first kappa shape index (κ1) is 13.5. The lowest BCUT2D eigenvalue weighted by Crippen LogP contribution is -2.22. The van der Waals surface area contributed by atoms with Gasteiger partial charge in [0.05, 0.1) is 0 Å². The van der Waals surface area contributed by atoms with Gasteiger partial charge in [0.2, 0.25) is 0 Å². The van der Waals surface area contributed by atoms with Crippen molar-refractivity contribution in [3.8, 4) is 0 Å². The normalized spacial score (nSPS) is 21.2. The molecule has 3 nitrogen and oxygen atoms in total. The molecule has 0 bridgehead atoms. The topological polar surface area (TPSA) is 29.5 Å². The van der Waals surface area contributed by atoms with Crippen molar-refractivity contribution in [3.63, 3.8) is 0 Å². The third-order valence-corrected chi connectivity index (χ3v) is 3.13. The summed E-state index contributed by atoms with van der Waals surface area (Å²) in [5.41, 5.74) is 0. The van der Waals surface area contributed by atoms with Crippen LogP contribution in [0.25, 0.3) is 0 Å². The molecule has 0 amide bonds. The van der Waals surface area contributed by atoms with Crippen molar-refractivity contribution in [2.45, 2.75) is 58.0 Å². The van der Waals surface area contributed by atoms with E-state index < -0.39 is 0 Å². The smallest absolute Gasteiger partial charge is 0.306 e. The van der Waals surface area contributed by atoms with E-state index in [1.165, 1.54) is 19.3 Å². The Morgan fingerprint density at radius 3 is 2.69 bits per heavy atom. The fourth-order valence-corrected chi connectivity index (χ4v) is 2.11. The van der Waals surface area contributed by atoms with Crippen LogP contribution in [-0.2, 0) is 9.53 Å². The first-order chi connectivity index (χ1) is 7.72. The summed E-state index contributed by atoms with van der Waals surface area (Å²) < 4.78 is 5.41.